The molecule has 0 atom stereocenters. The lowest BCUT2D eigenvalue weighted by molar-refractivity contribution is -0.0562. The summed E-state index contributed by atoms with van der Waals surface area (Å²) in [4.78, 5) is 0. The van der Waals surface area contributed by atoms with Crippen molar-refractivity contribution in [1.82, 2.24) is 0 Å². The highest BCUT2D eigenvalue weighted by atomic mass is 16.5. The molecule has 0 aliphatic carbocycles. The Bertz CT molecular complexity index is 259. The molecule has 2 heteroatoms. The minimum absolute atomic E-state index is 0.00580. The van der Waals surface area contributed by atoms with Crippen molar-refractivity contribution >= 4 is 0 Å². The maximum absolute atomic E-state index is 5.99. The molecule has 0 rings (SSSR count). The lowest BCUT2D eigenvalue weighted by atomic mass is 9.96. The van der Waals surface area contributed by atoms with E-state index < -0.39 is 0 Å². The van der Waals surface area contributed by atoms with E-state index >= 15 is 0 Å². The SMILES string of the molecule is CC(C)(C)COC(C)(C)CCCC/C=C\C=C/N. The van der Waals surface area contributed by atoms with E-state index in [4.69, 9.17) is 10.5 Å². The molecule has 0 radical (unpaired) electrons. The summed E-state index contributed by atoms with van der Waals surface area (Å²) < 4.78 is 5.99. The van der Waals surface area contributed by atoms with E-state index in [0.717, 1.165) is 19.4 Å². The fourth-order valence-corrected chi connectivity index (χ4v) is 1.54. The van der Waals surface area contributed by atoms with Crippen LogP contribution in [0.15, 0.2) is 24.4 Å². The van der Waals surface area contributed by atoms with Crippen molar-refractivity contribution in [1.29, 1.82) is 0 Å². The van der Waals surface area contributed by atoms with Crippen molar-refractivity contribution in [2.45, 2.75) is 65.9 Å². The van der Waals surface area contributed by atoms with Gasteiger partial charge in [-0.2, -0.15) is 0 Å². The predicted octanol–water partition coefficient (Wildman–Crippen LogP) is 4.42. The Morgan fingerprint density at radius 1 is 1.00 bits per heavy atom. The summed E-state index contributed by atoms with van der Waals surface area (Å²) in [5.74, 6) is 0. The lowest BCUT2D eigenvalue weighted by Crippen LogP contribution is -2.29. The number of hydrogen-bond acceptors (Lipinski definition) is 2. The first-order valence-electron chi connectivity index (χ1n) is 6.94. The molecule has 0 spiro atoms. The fraction of sp³-hybridized carbons (Fsp3) is 0.750. The molecule has 0 saturated carbocycles. The quantitative estimate of drug-likeness (QED) is 0.513. The van der Waals surface area contributed by atoms with Gasteiger partial charge in [0.2, 0.25) is 0 Å². The molecular weight excluding hydrogens is 222 g/mol. The second kappa shape index (κ2) is 8.36. The average Bonchev–Trinajstić information content (AvgIpc) is 2.25. The lowest BCUT2D eigenvalue weighted by Gasteiger charge is -2.30. The van der Waals surface area contributed by atoms with E-state index in [1.165, 1.54) is 12.8 Å². The zero-order valence-corrected chi connectivity index (χ0v) is 12.8. The predicted molar refractivity (Wildman–Crippen MR) is 80.4 cm³/mol. The van der Waals surface area contributed by atoms with Crippen LogP contribution in [0, 0.1) is 5.41 Å². The summed E-state index contributed by atoms with van der Waals surface area (Å²) in [6, 6.07) is 0. The van der Waals surface area contributed by atoms with Gasteiger partial charge in [0, 0.05) is 0 Å². The molecule has 0 saturated heterocycles. The Balaban J connectivity index is 3.70. The summed E-state index contributed by atoms with van der Waals surface area (Å²) in [7, 11) is 0. The maximum Gasteiger partial charge on any atom is 0.0626 e. The number of rotatable bonds is 8. The Hall–Kier alpha value is -0.760. The minimum Gasteiger partial charge on any atom is -0.405 e. The molecule has 0 aromatic carbocycles. The highest BCUT2D eigenvalue weighted by molar-refractivity contribution is 5.00. The van der Waals surface area contributed by atoms with Gasteiger partial charge in [0.05, 0.1) is 12.2 Å². The van der Waals surface area contributed by atoms with Crippen molar-refractivity contribution < 1.29 is 4.74 Å². The van der Waals surface area contributed by atoms with Crippen LogP contribution in [0.3, 0.4) is 0 Å². The third-order valence-corrected chi connectivity index (χ3v) is 2.65. The van der Waals surface area contributed by atoms with E-state index in [9.17, 15) is 0 Å². The molecule has 0 heterocycles. The van der Waals surface area contributed by atoms with Crippen LogP contribution >= 0.6 is 0 Å². The van der Waals surface area contributed by atoms with Crippen molar-refractivity contribution in [3.63, 3.8) is 0 Å². The van der Waals surface area contributed by atoms with Crippen LogP contribution in [0.1, 0.15) is 60.3 Å². The standard InChI is InChI=1S/C16H31NO/c1-15(2,3)14-18-16(4,5)12-10-8-6-7-9-11-13-17/h7,9,11,13H,6,8,10,12,14,17H2,1-5H3/b9-7-,13-11-. The van der Waals surface area contributed by atoms with Gasteiger partial charge in [0.25, 0.3) is 0 Å². The van der Waals surface area contributed by atoms with Crippen LogP contribution in [0.2, 0.25) is 0 Å². The first-order chi connectivity index (χ1) is 8.27. The molecule has 0 bridgehead atoms. The molecule has 0 amide bonds. The number of nitrogens with two attached hydrogens (primary N) is 1. The maximum atomic E-state index is 5.99. The highest BCUT2D eigenvalue weighted by Crippen LogP contribution is 2.23. The Kier molecular flexibility index (Phi) is 8.01. The second-order valence-corrected chi connectivity index (χ2v) is 6.67. The summed E-state index contributed by atoms with van der Waals surface area (Å²) in [6.45, 7) is 11.8. The first-order valence-corrected chi connectivity index (χ1v) is 6.94. The third kappa shape index (κ3) is 11.7. The van der Waals surface area contributed by atoms with Crippen LogP contribution in [0.5, 0.6) is 0 Å². The first kappa shape index (κ1) is 17.2. The molecular formula is C16H31NO. The number of hydrogen-bond donors (Lipinski definition) is 1. The molecule has 0 aromatic heterocycles. The van der Waals surface area contributed by atoms with Gasteiger partial charge in [-0.1, -0.05) is 39.3 Å². The summed E-state index contributed by atoms with van der Waals surface area (Å²) >= 11 is 0. The van der Waals surface area contributed by atoms with E-state index in [1.54, 1.807) is 6.20 Å². The van der Waals surface area contributed by atoms with Gasteiger partial charge in [0.1, 0.15) is 0 Å². The minimum atomic E-state index is -0.00580. The molecule has 2 nitrogen and oxygen atoms in total. The normalized spacial score (nSPS) is 13.8. The van der Waals surface area contributed by atoms with Crippen LogP contribution in [-0.4, -0.2) is 12.2 Å². The van der Waals surface area contributed by atoms with Gasteiger partial charge in [-0.3, -0.25) is 0 Å². The summed E-state index contributed by atoms with van der Waals surface area (Å²) in [6.07, 6.45) is 12.2. The van der Waals surface area contributed by atoms with Crippen LogP contribution in [-0.2, 0) is 4.74 Å². The van der Waals surface area contributed by atoms with Crippen molar-refractivity contribution in [3.05, 3.63) is 24.4 Å². The topological polar surface area (TPSA) is 35.2 Å². The molecule has 106 valence electrons. The Morgan fingerprint density at radius 2 is 1.67 bits per heavy atom. The van der Waals surface area contributed by atoms with E-state index in [2.05, 4.69) is 40.7 Å². The Labute approximate surface area is 113 Å². The second-order valence-electron chi connectivity index (χ2n) is 6.67. The zero-order chi connectivity index (χ0) is 14.1. The molecule has 2 N–H and O–H groups in total. The summed E-state index contributed by atoms with van der Waals surface area (Å²) in [5, 5.41) is 0. The smallest absolute Gasteiger partial charge is 0.0626 e. The van der Waals surface area contributed by atoms with Crippen molar-refractivity contribution in [2.75, 3.05) is 6.61 Å². The monoisotopic (exact) mass is 253 g/mol. The third-order valence-electron chi connectivity index (χ3n) is 2.65. The molecule has 0 unspecified atom stereocenters. The van der Waals surface area contributed by atoms with Crippen LogP contribution in [0.4, 0.5) is 0 Å². The van der Waals surface area contributed by atoms with E-state index in [1.807, 2.05) is 12.2 Å². The van der Waals surface area contributed by atoms with Crippen molar-refractivity contribution in [2.24, 2.45) is 11.1 Å². The van der Waals surface area contributed by atoms with Crippen LogP contribution < -0.4 is 5.73 Å². The van der Waals surface area contributed by atoms with Gasteiger partial charge in [-0.15, -0.1) is 0 Å². The van der Waals surface area contributed by atoms with Crippen LogP contribution in [0.25, 0.3) is 0 Å². The zero-order valence-electron chi connectivity index (χ0n) is 12.8. The molecule has 0 fully saturated rings. The number of allylic oxidation sites excluding steroid dienone is 3. The van der Waals surface area contributed by atoms with Gasteiger partial charge >= 0.3 is 0 Å². The fourth-order valence-electron chi connectivity index (χ4n) is 1.54. The highest BCUT2D eigenvalue weighted by Gasteiger charge is 2.21. The van der Waals surface area contributed by atoms with Gasteiger partial charge in [-0.05, 0) is 50.8 Å². The number of unbranched alkanes of at least 4 members (excludes halogenated alkanes) is 2. The average molecular weight is 253 g/mol. The van der Waals surface area contributed by atoms with Gasteiger partial charge in [0.15, 0.2) is 0 Å². The largest absolute Gasteiger partial charge is 0.405 e. The van der Waals surface area contributed by atoms with Gasteiger partial charge in [-0.25, -0.2) is 0 Å². The van der Waals surface area contributed by atoms with E-state index in [-0.39, 0.29) is 11.0 Å². The number of ether oxygens (including phenoxy) is 1. The molecule has 0 aromatic rings. The summed E-state index contributed by atoms with van der Waals surface area (Å²) in [5.41, 5.74) is 5.49. The molecule has 0 aliphatic rings. The van der Waals surface area contributed by atoms with E-state index in [0.29, 0.717) is 0 Å². The molecule has 0 aliphatic heterocycles. The molecule has 18 heavy (non-hydrogen) atoms. The Morgan fingerprint density at radius 3 is 2.22 bits per heavy atom. The van der Waals surface area contributed by atoms with Gasteiger partial charge < -0.3 is 10.5 Å². The van der Waals surface area contributed by atoms with Crippen molar-refractivity contribution in [3.8, 4) is 0 Å².